The fourth-order valence-electron chi connectivity index (χ4n) is 0.933. The van der Waals surface area contributed by atoms with Crippen molar-refractivity contribution in [3.8, 4) is 11.8 Å². The number of hydrogen-bond acceptors (Lipinski definition) is 4. The first kappa shape index (κ1) is 10.5. The van der Waals surface area contributed by atoms with Crippen LogP contribution in [0.25, 0.3) is 0 Å². The number of ether oxygens (including phenoxy) is 1. The summed E-state index contributed by atoms with van der Waals surface area (Å²) in [6.07, 6.45) is 0. The summed E-state index contributed by atoms with van der Waals surface area (Å²) in [6, 6.07) is 4.35. The van der Waals surface area contributed by atoms with Crippen molar-refractivity contribution in [3.05, 3.63) is 27.7 Å². The highest BCUT2D eigenvalue weighted by Crippen LogP contribution is 2.27. The van der Waals surface area contributed by atoms with E-state index in [1.807, 2.05) is 0 Å². The molecule has 1 rings (SSSR count). The number of esters is 1. The molecule has 1 N–H and O–H groups in total. The predicted octanol–water partition coefficient (Wildman–Crippen LogP) is 1.81. The third-order valence-corrected chi connectivity index (χ3v) is 2.25. The summed E-state index contributed by atoms with van der Waals surface area (Å²) in [4.78, 5) is 11.2. The van der Waals surface area contributed by atoms with E-state index in [-0.39, 0.29) is 16.9 Å². The monoisotopic (exact) mass is 255 g/mol. The molecule has 0 unspecified atom stereocenters. The number of phenolic OH excluding ortho intramolecular Hbond substituents is 1. The maximum atomic E-state index is 11.2. The van der Waals surface area contributed by atoms with Crippen molar-refractivity contribution in [1.29, 1.82) is 5.26 Å². The third kappa shape index (κ3) is 1.86. The van der Waals surface area contributed by atoms with Crippen molar-refractivity contribution < 1.29 is 14.6 Å². The van der Waals surface area contributed by atoms with Crippen molar-refractivity contribution in [2.75, 3.05) is 7.11 Å². The molecule has 4 nitrogen and oxygen atoms in total. The fourth-order valence-corrected chi connectivity index (χ4v) is 1.28. The second-order valence-electron chi connectivity index (χ2n) is 2.45. The molecule has 0 bridgehead atoms. The summed E-state index contributed by atoms with van der Waals surface area (Å²) in [7, 11) is 1.23. The van der Waals surface area contributed by atoms with E-state index in [1.165, 1.54) is 19.2 Å². The van der Waals surface area contributed by atoms with Crippen LogP contribution >= 0.6 is 15.9 Å². The van der Waals surface area contributed by atoms with Crippen molar-refractivity contribution >= 4 is 21.9 Å². The molecule has 0 saturated heterocycles. The normalized spacial score (nSPS) is 9.21. The SMILES string of the molecule is COC(=O)c1cc(Br)c(O)cc1C#N. The molecule has 0 aliphatic heterocycles. The van der Waals surface area contributed by atoms with E-state index in [0.717, 1.165) is 0 Å². The van der Waals surface area contributed by atoms with Gasteiger partial charge in [0, 0.05) is 0 Å². The largest absolute Gasteiger partial charge is 0.507 e. The average Bonchev–Trinajstić information content (AvgIpc) is 2.20. The van der Waals surface area contributed by atoms with E-state index >= 15 is 0 Å². The molecule has 72 valence electrons. The Balaban J connectivity index is 3.36. The van der Waals surface area contributed by atoms with Gasteiger partial charge in [-0.1, -0.05) is 0 Å². The zero-order valence-corrected chi connectivity index (χ0v) is 8.83. The molecular weight excluding hydrogens is 250 g/mol. The van der Waals surface area contributed by atoms with Crippen LogP contribution in [0, 0.1) is 11.3 Å². The van der Waals surface area contributed by atoms with Gasteiger partial charge in [-0.15, -0.1) is 0 Å². The first-order valence-corrected chi connectivity index (χ1v) is 4.40. The fraction of sp³-hybridized carbons (Fsp3) is 0.111. The van der Waals surface area contributed by atoms with Crippen molar-refractivity contribution in [3.63, 3.8) is 0 Å². The van der Waals surface area contributed by atoms with E-state index in [2.05, 4.69) is 20.7 Å². The van der Waals surface area contributed by atoms with Gasteiger partial charge in [-0.2, -0.15) is 5.26 Å². The van der Waals surface area contributed by atoms with Crippen LogP contribution in [-0.2, 0) is 4.74 Å². The van der Waals surface area contributed by atoms with Gasteiger partial charge >= 0.3 is 5.97 Å². The van der Waals surface area contributed by atoms with Crippen molar-refractivity contribution in [1.82, 2.24) is 0 Å². The van der Waals surface area contributed by atoms with Gasteiger partial charge in [-0.3, -0.25) is 0 Å². The lowest BCUT2D eigenvalue weighted by atomic mass is 10.1. The minimum absolute atomic E-state index is 0.0811. The number of carbonyl (C=O) groups excluding carboxylic acids is 1. The first-order chi connectivity index (χ1) is 6.60. The van der Waals surface area contributed by atoms with E-state index in [1.54, 1.807) is 6.07 Å². The molecule has 0 radical (unpaired) electrons. The van der Waals surface area contributed by atoms with Crippen LogP contribution in [0.2, 0.25) is 0 Å². The van der Waals surface area contributed by atoms with Crippen LogP contribution in [0.5, 0.6) is 5.75 Å². The smallest absolute Gasteiger partial charge is 0.339 e. The molecule has 0 atom stereocenters. The van der Waals surface area contributed by atoms with Crippen LogP contribution in [0.1, 0.15) is 15.9 Å². The number of hydrogen-bond donors (Lipinski definition) is 1. The van der Waals surface area contributed by atoms with Crippen molar-refractivity contribution in [2.24, 2.45) is 0 Å². The molecule has 0 saturated carbocycles. The Bertz CT molecular complexity index is 423. The number of methoxy groups -OCH3 is 1. The minimum Gasteiger partial charge on any atom is -0.507 e. The van der Waals surface area contributed by atoms with Gasteiger partial charge in [0.2, 0.25) is 0 Å². The lowest BCUT2D eigenvalue weighted by molar-refractivity contribution is 0.0600. The highest BCUT2D eigenvalue weighted by molar-refractivity contribution is 9.10. The topological polar surface area (TPSA) is 70.3 Å². The Morgan fingerprint density at radius 1 is 1.64 bits per heavy atom. The summed E-state index contributed by atoms with van der Waals surface area (Å²) < 4.78 is 4.83. The Morgan fingerprint density at radius 2 is 2.29 bits per heavy atom. The zero-order chi connectivity index (χ0) is 10.7. The third-order valence-electron chi connectivity index (χ3n) is 1.61. The molecule has 1 aromatic rings. The lowest BCUT2D eigenvalue weighted by Gasteiger charge is -2.03. The van der Waals surface area contributed by atoms with E-state index in [9.17, 15) is 9.90 Å². The summed E-state index contributed by atoms with van der Waals surface area (Å²) >= 11 is 3.04. The maximum absolute atomic E-state index is 11.2. The number of carbonyl (C=O) groups is 1. The minimum atomic E-state index is -0.609. The number of rotatable bonds is 1. The van der Waals surface area contributed by atoms with Crippen LogP contribution in [0.15, 0.2) is 16.6 Å². The van der Waals surface area contributed by atoms with E-state index < -0.39 is 5.97 Å². The molecule has 1 aromatic carbocycles. The van der Waals surface area contributed by atoms with Gasteiger partial charge in [0.15, 0.2) is 0 Å². The highest BCUT2D eigenvalue weighted by atomic mass is 79.9. The standard InChI is InChI=1S/C9H6BrNO3/c1-14-9(13)6-3-7(10)8(12)2-5(6)4-11/h2-3,12H,1H3. The summed E-state index contributed by atoms with van der Waals surface area (Å²) in [5.74, 6) is -0.698. The summed E-state index contributed by atoms with van der Waals surface area (Å²) in [6.45, 7) is 0. The molecule has 5 heteroatoms. The number of halogens is 1. The Labute approximate surface area is 88.9 Å². The Hall–Kier alpha value is -1.54. The molecule has 0 amide bonds. The molecular formula is C9H6BrNO3. The number of benzene rings is 1. The lowest BCUT2D eigenvalue weighted by Crippen LogP contribution is -2.04. The van der Waals surface area contributed by atoms with Crippen LogP contribution < -0.4 is 0 Å². The van der Waals surface area contributed by atoms with Crippen LogP contribution in [-0.4, -0.2) is 18.2 Å². The van der Waals surface area contributed by atoms with Gasteiger partial charge in [0.25, 0.3) is 0 Å². The number of nitrogens with zero attached hydrogens (tertiary/aromatic N) is 1. The predicted molar refractivity (Wildman–Crippen MR) is 51.9 cm³/mol. The van der Waals surface area contributed by atoms with Gasteiger partial charge in [0.05, 0.1) is 22.7 Å². The molecule has 0 fully saturated rings. The quantitative estimate of drug-likeness (QED) is 0.778. The first-order valence-electron chi connectivity index (χ1n) is 3.61. The Kier molecular flexibility index (Phi) is 3.10. The number of aromatic hydroxyl groups is 1. The molecule has 14 heavy (non-hydrogen) atoms. The molecule has 0 aliphatic carbocycles. The Morgan fingerprint density at radius 3 is 2.79 bits per heavy atom. The summed E-state index contributed by atoms with van der Waals surface area (Å²) in [5, 5.41) is 18.0. The van der Waals surface area contributed by atoms with Gasteiger partial charge in [-0.25, -0.2) is 4.79 Å². The van der Waals surface area contributed by atoms with E-state index in [0.29, 0.717) is 4.47 Å². The number of phenols is 1. The summed E-state index contributed by atoms with van der Waals surface area (Å²) in [5.41, 5.74) is 0.206. The van der Waals surface area contributed by atoms with Crippen LogP contribution in [0.3, 0.4) is 0 Å². The second-order valence-corrected chi connectivity index (χ2v) is 3.31. The molecule has 0 spiro atoms. The van der Waals surface area contributed by atoms with Crippen molar-refractivity contribution in [2.45, 2.75) is 0 Å². The van der Waals surface area contributed by atoms with Gasteiger partial charge in [-0.05, 0) is 28.1 Å². The van der Waals surface area contributed by atoms with Gasteiger partial charge in [0.1, 0.15) is 11.8 Å². The number of nitriles is 1. The maximum Gasteiger partial charge on any atom is 0.339 e. The van der Waals surface area contributed by atoms with Gasteiger partial charge < -0.3 is 9.84 Å². The van der Waals surface area contributed by atoms with E-state index in [4.69, 9.17) is 5.26 Å². The second kappa shape index (κ2) is 4.11. The molecule has 0 heterocycles. The zero-order valence-electron chi connectivity index (χ0n) is 7.24. The molecule has 0 aromatic heterocycles. The molecule has 0 aliphatic rings. The van der Waals surface area contributed by atoms with Crippen LogP contribution in [0.4, 0.5) is 0 Å². The average molecular weight is 256 g/mol. The highest BCUT2D eigenvalue weighted by Gasteiger charge is 2.14.